The number of halogens is 2. The number of amidine groups is 1. The van der Waals surface area contributed by atoms with Gasteiger partial charge in [-0.05, 0) is 35.9 Å². The molecule has 7 nitrogen and oxygen atoms in total. The van der Waals surface area contributed by atoms with E-state index >= 15 is 0 Å². The molecule has 0 unspecified atom stereocenters. The molecule has 1 aromatic heterocycles. The van der Waals surface area contributed by atoms with Gasteiger partial charge in [0.1, 0.15) is 17.3 Å². The van der Waals surface area contributed by atoms with Crippen LogP contribution in [0.3, 0.4) is 0 Å². The number of carbonyl (C=O) groups is 1. The van der Waals surface area contributed by atoms with Gasteiger partial charge in [-0.1, -0.05) is 53.3 Å². The van der Waals surface area contributed by atoms with Crippen LogP contribution in [0.4, 0.5) is 9.52 Å². The summed E-state index contributed by atoms with van der Waals surface area (Å²) >= 11 is 7.12. The van der Waals surface area contributed by atoms with Gasteiger partial charge in [0.25, 0.3) is 5.91 Å². The third-order valence-electron chi connectivity index (χ3n) is 5.49. The highest BCUT2D eigenvalue weighted by atomic mass is 35.5. The Labute approximate surface area is 215 Å². The number of aromatic nitrogens is 1. The third-order valence-corrected chi connectivity index (χ3v) is 6.79. The minimum Gasteiger partial charge on any atom is -0.493 e. The molecule has 0 saturated heterocycles. The maximum absolute atomic E-state index is 14.0. The highest BCUT2D eigenvalue weighted by Crippen LogP contribution is 2.40. The van der Waals surface area contributed by atoms with Crippen molar-refractivity contribution in [2.24, 2.45) is 4.99 Å². The number of anilines is 1. The Morgan fingerprint density at radius 3 is 2.33 bits per heavy atom. The van der Waals surface area contributed by atoms with E-state index in [1.165, 1.54) is 49.7 Å². The minimum absolute atomic E-state index is 0.0352. The molecule has 1 aliphatic heterocycles. The first-order valence-electron chi connectivity index (χ1n) is 10.7. The van der Waals surface area contributed by atoms with Gasteiger partial charge in [-0.25, -0.2) is 19.3 Å². The molecule has 36 heavy (non-hydrogen) atoms. The molecule has 0 bridgehead atoms. The monoisotopic (exact) mass is 523 g/mol. The second kappa shape index (κ2) is 9.60. The molecule has 0 radical (unpaired) electrons. The molecule has 1 amide bonds. The van der Waals surface area contributed by atoms with Crippen molar-refractivity contribution in [3.8, 4) is 17.2 Å². The fraction of sp³-hybridized carbons (Fsp3) is 0.115. The van der Waals surface area contributed by atoms with Crippen molar-refractivity contribution >= 4 is 56.1 Å². The van der Waals surface area contributed by atoms with Crippen LogP contribution in [-0.2, 0) is 4.79 Å². The van der Waals surface area contributed by atoms with E-state index in [4.69, 9.17) is 25.8 Å². The van der Waals surface area contributed by atoms with Crippen LogP contribution in [0.1, 0.15) is 11.1 Å². The number of fused-ring (bicyclic) bond motifs is 1. The number of amides is 1. The van der Waals surface area contributed by atoms with Gasteiger partial charge in [0.05, 0.1) is 36.6 Å². The lowest BCUT2D eigenvalue weighted by Gasteiger charge is -2.15. The van der Waals surface area contributed by atoms with Crippen LogP contribution in [-0.4, -0.2) is 38.1 Å². The second-order valence-corrected chi connectivity index (χ2v) is 9.08. The molecular weight excluding hydrogens is 505 g/mol. The molecule has 0 atom stereocenters. The summed E-state index contributed by atoms with van der Waals surface area (Å²) in [4.78, 5) is 24.3. The summed E-state index contributed by atoms with van der Waals surface area (Å²) in [6.07, 6.45) is 1.64. The number of hydrogen-bond acceptors (Lipinski definition) is 7. The van der Waals surface area contributed by atoms with Crippen LogP contribution in [0.25, 0.3) is 16.3 Å². The number of ether oxygens (including phenoxy) is 3. The van der Waals surface area contributed by atoms with Crippen molar-refractivity contribution in [3.05, 3.63) is 82.3 Å². The lowest BCUT2D eigenvalue weighted by Crippen LogP contribution is -2.32. The zero-order chi connectivity index (χ0) is 25.4. The Kier molecular flexibility index (Phi) is 6.34. The van der Waals surface area contributed by atoms with Crippen LogP contribution in [0.2, 0.25) is 5.02 Å². The standard InChI is InChI=1S/C26H19ClFN3O4S/c1-33-20-10-14(11-21(34-2)23(20)35-3)9-19-25(32)31(24(29-19)15-7-5-4-6-8-15)26-30-18-12-16(27)17(28)13-22(18)36-26/h4-13H,1-3H3. The average molecular weight is 524 g/mol. The predicted octanol–water partition coefficient (Wildman–Crippen LogP) is 5.95. The van der Waals surface area contributed by atoms with Gasteiger partial charge < -0.3 is 14.2 Å². The van der Waals surface area contributed by atoms with Crippen LogP contribution in [0.5, 0.6) is 17.2 Å². The number of rotatable bonds is 6. The van der Waals surface area contributed by atoms with Crippen molar-refractivity contribution in [3.63, 3.8) is 0 Å². The van der Waals surface area contributed by atoms with E-state index in [9.17, 15) is 9.18 Å². The molecule has 1 aliphatic rings. The number of thiazole rings is 1. The van der Waals surface area contributed by atoms with Gasteiger partial charge in [-0.15, -0.1) is 0 Å². The van der Waals surface area contributed by atoms with Gasteiger partial charge >= 0.3 is 0 Å². The normalized spacial score (nSPS) is 14.5. The van der Waals surface area contributed by atoms with E-state index in [0.717, 1.165) is 5.56 Å². The number of nitrogens with zero attached hydrogens (tertiary/aromatic N) is 3. The zero-order valence-electron chi connectivity index (χ0n) is 19.4. The lowest BCUT2D eigenvalue weighted by molar-refractivity contribution is -0.113. The van der Waals surface area contributed by atoms with Gasteiger partial charge in [0.15, 0.2) is 16.6 Å². The molecule has 2 heterocycles. The van der Waals surface area contributed by atoms with E-state index in [1.807, 2.05) is 30.3 Å². The number of aliphatic imine (C=N–C) groups is 1. The van der Waals surface area contributed by atoms with E-state index in [-0.39, 0.29) is 16.6 Å². The first kappa shape index (κ1) is 23.8. The summed E-state index contributed by atoms with van der Waals surface area (Å²) in [5.41, 5.74) is 2.03. The summed E-state index contributed by atoms with van der Waals surface area (Å²) in [5, 5.41) is 0.319. The van der Waals surface area contributed by atoms with Crippen molar-refractivity contribution in [1.29, 1.82) is 0 Å². The summed E-state index contributed by atoms with van der Waals surface area (Å²) in [5.74, 6) is 0.812. The van der Waals surface area contributed by atoms with Crippen molar-refractivity contribution in [2.75, 3.05) is 26.2 Å². The van der Waals surface area contributed by atoms with E-state index in [0.29, 0.717) is 44.0 Å². The van der Waals surface area contributed by atoms with Crippen LogP contribution in [0, 0.1) is 5.82 Å². The summed E-state index contributed by atoms with van der Waals surface area (Å²) in [6, 6.07) is 15.5. The highest BCUT2D eigenvalue weighted by Gasteiger charge is 2.35. The zero-order valence-corrected chi connectivity index (χ0v) is 21.0. The Hall–Kier alpha value is -3.95. The second-order valence-electron chi connectivity index (χ2n) is 7.66. The fourth-order valence-electron chi connectivity index (χ4n) is 3.82. The quantitative estimate of drug-likeness (QED) is 0.292. The summed E-state index contributed by atoms with van der Waals surface area (Å²) in [6.45, 7) is 0. The van der Waals surface area contributed by atoms with Crippen LogP contribution < -0.4 is 19.1 Å². The first-order chi connectivity index (χ1) is 17.4. The third kappa shape index (κ3) is 4.16. The topological polar surface area (TPSA) is 73.2 Å². The highest BCUT2D eigenvalue weighted by molar-refractivity contribution is 7.22. The fourth-order valence-corrected chi connectivity index (χ4v) is 4.96. The molecule has 0 N–H and O–H groups in total. The molecule has 0 aliphatic carbocycles. The SMILES string of the molecule is COc1cc(C=C2N=C(c3ccccc3)N(c3nc4cc(Cl)c(F)cc4s3)C2=O)cc(OC)c1OC. The molecule has 182 valence electrons. The molecule has 3 aromatic carbocycles. The Bertz CT molecular complexity index is 1490. The molecule has 0 fully saturated rings. The Morgan fingerprint density at radius 1 is 1.00 bits per heavy atom. The molecular formula is C26H19ClFN3O4S. The van der Waals surface area contributed by atoms with Gasteiger partial charge in [0, 0.05) is 5.56 Å². The number of methoxy groups -OCH3 is 3. The minimum atomic E-state index is -0.549. The molecule has 0 saturated carbocycles. The molecule has 0 spiro atoms. The van der Waals surface area contributed by atoms with Crippen molar-refractivity contribution in [2.45, 2.75) is 0 Å². The van der Waals surface area contributed by atoms with Crippen molar-refractivity contribution in [1.82, 2.24) is 4.98 Å². The maximum atomic E-state index is 14.0. The Balaban J connectivity index is 1.64. The lowest BCUT2D eigenvalue weighted by atomic mass is 10.1. The van der Waals surface area contributed by atoms with Gasteiger partial charge in [0.2, 0.25) is 5.75 Å². The molecule has 10 heteroatoms. The Morgan fingerprint density at radius 2 is 1.69 bits per heavy atom. The number of carbonyl (C=O) groups excluding carboxylic acids is 1. The molecule has 4 aromatic rings. The maximum Gasteiger partial charge on any atom is 0.284 e. The van der Waals surface area contributed by atoms with Gasteiger partial charge in [-0.3, -0.25) is 4.79 Å². The van der Waals surface area contributed by atoms with E-state index in [1.54, 1.807) is 18.2 Å². The average Bonchev–Trinajstić information content (AvgIpc) is 3.43. The smallest absolute Gasteiger partial charge is 0.284 e. The van der Waals surface area contributed by atoms with Crippen molar-refractivity contribution < 1.29 is 23.4 Å². The summed E-state index contributed by atoms with van der Waals surface area (Å²) in [7, 11) is 4.56. The predicted molar refractivity (Wildman–Crippen MR) is 139 cm³/mol. The first-order valence-corrected chi connectivity index (χ1v) is 11.9. The van der Waals surface area contributed by atoms with Gasteiger partial charge in [-0.2, -0.15) is 0 Å². The summed E-state index contributed by atoms with van der Waals surface area (Å²) < 4.78 is 30.8. The number of benzene rings is 3. The van der Waals surface area contributed by atoms with E-state index in [2.05, 4.69) is 9.98 Å². The van der Waals surface area contributed by atoms with Crippen LogP contribution >= 0.6 is 22.9 Å². The molecule has 5 rings (SSSR count). The number of hydrogen-bond donors (Lipinski definition) is 0. The largest absolute Gasteiger partial charge is 0.493 e. The van der Waals surface area contributed by atoms with Crippen LogP contribution in [0.15, 0.2) is 65.3 Å². The van der Waals surface area contributed by atoms with E-state index < -0.39 is 5.82 Å².